The first-order valence-electron chi connectivity index (χ1n) is 5.76. The molecule has 0 aromatic rings. The van der Waals surface area contributed by atoms with Crippen LogP contribution in [0.4, 0.5) is 0 Å². The topological polar surface area (TPSA) is 66.8 Å². The predicted molar refractivity (Wildman–Crippen MR) is 69.2 cm³/mol. The van der Waals surface area contributed by atoms with Crippen molar-refractivity contribution in [2.75, 3.05) is 6.61 Å². The normalized spacial score (nSPS) is 11.2. The Balaban J connectivity index is 0. The lowest BCUT2D eigenvalue weighted by atomic mass is 10.1. The van der Waals surface area contributed by atoms with Crippen LogP contribution in [0.15, 0.2) is 0 Å². The highest BCUT2D eigenvalue weighted by molar-refractivity contribution is 7.46. The number of rotatable bonds is 10. The van der Waals surface area contributed by atoms with E-state index >= 15 is 0 Å². The summed E-state index contributed by atoms with van der Waals surface area (Å²) in [6, 6.07) is 0. The van der Waals surface area contributed by atoms with Crippen LogP contribution in [0.25, 0.3) is 0 Å². The quantitative estimate of drug-likeness (QED) is 0.361. The van der Waals surface area contributed by atoms with Gasteiger partial charge in [0.15, 0.2) is 0 Å². The lowest BCUT2D eigenvalue weighted by Gasteiger charge is -2.04. The van der Waals surface area contributed by atoms with Crippen LogP contribution in [0.2, 0.25) is 0 Å². The van der Waals surface area contributed by atoms with E-state index in [2.05, 4.69) is 11.4 Å². The summed E-state index contributed by atoms with van der Waals surface area (Å²) in [6.07, 6.45) is 9.22. The van der Waals surface area contributed by atoms with Crippen molar-refractivity contribution < 1.29 is 18.9 Å². The number of phosphoric acid groups is 1. The fourth-order valence-electron chi connectivity index (χ4n) is 1.42. The Bertz CT molecular complexity index is 184. The lowest BCUT2D eigenvalue weighted by Crippen LogP contribution is -1.92. The van der Waals surface area contributed by atoms with Gasteiger partial charge in [0.05, 0.1) is 6.61 Å². The first kappa shape index (κ1) is 19.2. The van der Waals surface area contributed by atoms with E-state index in [1.165, 1.54) is 32.1 Å². The van der Waals surface area contributed by atoms with E-state index < -0.39 is 7.82 Å². The summed E-state index contributed by atoms with van der Waals surface area (Å²) in [7, 11) is -4.24. The van der Waals surface area contributed by atoms with Crippen LogP contribution in [0.3, 0.4) is 0 Å². The predicted octanol–water partition coefficient (Wildman–Crippen LogP) is 2.32. The van der Waals surface area contributed by atoms with Gasteiger partial charge in [0, 0.05) is 0 Å². The standard InChI is InChI=1S/C10H23O4P.Mg.2H/c1-2-3-4-5-6-7-8-9-10-14-15(11,12)13;;;/h2-10H2,1H3,(H2,11,12,13);;;. The lowest BCUT2D eigenvalue weighted by molar-refractivity contribution is 0.193. The van der Waals surface area contributed by atoms with Crippen LogP contribution in [-0.2, 0) is 9.09 Å². The van der Waals surface area contributed by atoms with Crippen molar-refractivity contribution in [3.05, 3.63) is 0 Å². The average Bonchev–Trinajstić information content (AvgIpc) is 2.14. The summed E-state index contributed by atoms with van der Waals surface area (Å²) in [4.78, 5) is 16.8. The fourth-order valence-corrected chi connectivity index (χ4v) is 1.79. The van der Waals surface area contributed by atoms with Gasteiger partial charge in [-0.1, -0.05) is 51.9 Å². The van der Waals surface area contributed by atoms with Gasteiger partial charge in [-0.2, -0.15) is 0 Å². The highest BCUT2D eigenvalue weighted by atomic mass is 31.2. The van der Waals surface area contributed by atoms with Crippen molar-refractivity contribution in [1.29, 1.82) is 0 Å². The van der Waals surface area contributed by atoms with E-state index in [1.54, 1.807) is 0 Å². The number of unbranched alkanes of at least 4 members (excludes halogenated alkanes) is 7. The Labute approximate surface area is 115 Å². The first-order valence-corrected chi connectivity index (χ1v) is 7.29. The molecule has 0 fully saturated rings. The second-order valence-electron chi connectivity index (χ2n) is 3.80. The molecular formula is C10H25MgO4P. The molecule has 0 heterocycles. The molecule has 0 radical (unpaired) electrons. The molecule has 96 valence electrons. The van der Waals surface area contributed by atoms with Gasteiger partial charge in [0.25, 0.3) is 0 Å². The van der Waals surface area contributed by atoms with Crippen LogP contribution in [0.5, 0.6) is 0 Å². The molecule has 0 atom stereocenters. The molecule has 0 spiro atoms. The number of phosphoric ester groups is 1. The van der Waals surface area contributed by atoms with E-state index in [1.807, 2.05) is 0 Å². The Morgan fingerprint density at radius 3 is 1.81 bits per heavy atom. The summed E-state index contributed by atoms with van der Waals surface area (Å²) in [5, 5.41) is 0. The third kappa shape index (κ3) is 17.3. The van der Waals surface area contributed by atoms with Crippen molar-refractivity contribution in [2.24, 2.45) is 0 Å². The van der Waals surface area contributed by atoms with Gasteiger partial charge in [0.2, 0.25) is 0 Å². The van der Waals surface area contributed by atoms with Gasteiger partial charge in [-0.05, 0) is 6.42 Å². The molecule has 0 unspecified atom stereocenters. The SMILES string of the molecule is CCCCCCCCCCOP(=O)(O)O.[MgH2]. The molecule has 0 aromatic carbocycles. The first-order chi connectivity index (χ1) is 7.06. The van der Waals surface area contributed by atoms with Gasteiger partial charge in [0.1, 0.15) is 0 Å². The zero-order chi connectivity index (χ0) is 11.6. The Morgan fingerprint density at radius 2 is 1.38 bits per heavy atom. The zero-order valence-corrected chi connectivity index (χ0v) is 10.4. The van der Waals surface area contributed by atoms with Crippen molar-refractivity contribution in [3.63, 3.8) is 0 Å². The molecule has 0 aromatic heterocycles. The van der Waals surface area contributed by atoms with E-state index in [0.29, 0.717) is 0 Å². The molecule has 0 bridgehead atoms. The smallest absolute Gasteiger partial charge is 0.303 e. The van der Waals surface area contributed by atoms with E-state index in [-0.39, 0.29) is 29.7 Å². The molecule has 0 saturated carbocycles. The minimum absolute atomic E-state index is 0. The van der Waals surface area contributed by atoms with Crippen LogP contribution >= 0.6 is 7.82 Å². The molecule has 16 heavy (non-hydrogen) atoms. The summed E-state index contributed by atoms with van der Waals surface area (Å²) in [5.74, 6) is 0. The largest absolute Gasteiger partial charge is 0.469 e. The maximum atomic E-state index is 10.3. The highest BCUT2D eigenvalue weighted by Crippen LogP contribution is 2.35. The van der Waals surface area contributed by atoms with Crippen LogP contribution < -0.4 is 0 Å². The van der Waals surface area contributed by atoms with E-state index in [0.717, 1.165) is 19.3 Å². The second kappa shape index (κ2) is 12.3. The van der Waals surface area contributed by atoms with Gasteiger partial charge < -0.3 is 9.79 Å². The molecule has 6 heteroatoms. The Hall–Kier alpha value is 0.876. The fraction of sp³-hybridized carbons (Fsp3) is 1.00. The molecule has 0 aliphatic heterocycles. The Morgan fingerprint density at radius 1 is 0.938 bits per heavy atom. The van der Waals surface area contributed by atoms with Crippen molar-refractivity contribution >= 4 is 30.9 Å². The molecular weight excluding hydrogens is 239 g/mol. The molecule has 0 aliphatic carbocycles. The van der Waals surface area contributed by atoms with Crippen LogP contribution in [0, 0.1) is 0 Å². The number of hydrogen-bond donors (Lipinski definition) is 2. The molecule has 4 nitrogen and oxygen atoms in total. The van der Waals surface area contributed by atoms with E-state index in [4.69, 9.17) is 9.79 Å². The third-order valence-electron chi connectivity index (χ3n) is 2.26. The van der Waals surface area contributed by atoms with Crippen molar-refractivity contribution in [1.82, 2.24) is 0 Å². The minimum Gasteiger partial charge on any atom is -0.303 e. The summed E-state index contributed by atoms with van der Waals surface area (Å²) in [5.41, 5.74) is 0. The number of hydrogen-bond acceptors (Lipinski definition) is 2. The van der Waals surface area contributed by atoms with Gasteiger partial charge in [-0.25, -0.2) is 4.57 Å². The minimum atomic E-state index is -4.24. The average molecular weight is 265 g/mol. The zero-order valence-electron chi connectivity index (χ0n) is 9.52. The molecule has 0 saturated heterocycles. The maximum absolute atomic E-state index is 10.3. The van der Waals surface area contributed by atoms with Crippen LogP contribution in [-0.4, -0.2) is 39.4 Å². The van der Waals surface area contributed by atoms with Gasteiger partial charge in [-0.15, -0.1) is 0 Å². The molecule has 0 amide bonds. The monoisotopic (exact) mass is 264 g/mol. The second-order valence-corrected chi connectivity index (χ2v) is 5.04. The Kier molecular flexibility index (Phi) is 14.8. The van der Waals surface area contributed by atoms with Gasteiger partial charge in [-0.3, -0.25) is 4.52 Å². The molecule has 0 rings (SSSR count). The van der Waals surface area contributed by atoms with Crippen molar-refractivity contribution in [3.8, 4) is 0 Å². The van der Waals surface area contributed by atoms with Gasteiger partial charge >= 0.3 is 30.9 Å². The van der Waals surface area contributed by atoms with E-state index in [9.17, 15) is 4.57 Å². The van der Waals surface area contributed by atoms with Crippen LogP contribution in [0.1, 0.15) is 58.3 Å². The summed E-state index contributed by atoms with van der Waals surface area (Å²) in [6.45, 7) is 2.36. The maximum Gasteiger partial charge on any atom is 0.469 e. The molecule has 2 N–H and O–H groups in total. The molecule has 0 aliphatic rings. The highest BCUT2D eigenvalue weighted by Gasteiger charge is 2.12. The summed E-state index contributed by atoms with van der Waals surface area (Å²) < 4.78 is 14.7. The third-order valence-corrected chi connectivity index (χ3v) is 2.78. The summed E-state index contributed by atoms with van der Waals surface area (Å²) >= 11 is 0. The van der Waals surface area contributed by atoms with Crippen molar-refractivity contribution in [2.45, 2.75) is 58.3 Å².